The van der Waals surface area contributed by atoms with Crippen molar-refractivity contribution in [3.8, 4) is 0 Å². The summed E-state index contributed by atoms with van der Waals surface area (Å²) in [6.07, 6.45) is 1.86. The molecule has 1 aromatic carbocycles. The fourth-order valence-corrected chi connectivity index (χ4v) is 1.67. The number of amides is 2. The Balaban J connectivity index is 2.67. The van der Waals surface area contributed by atoms with Crippen LogP contribution in [0.1, 0.15) is 37.0 Å². The third kappa shape index (κ3) is 4.08. The van der Waals surface area contributed by atoms with Crippen molar-refractivity contribution in [3.63, 3.8) is 0 Å². The topological polar surface area (TPSA) is 78.4 Å². The van der Waals surface area contributed by atoms with Gasteiger partial charge in [0.15, 0.2) is 0 Å². The van der Waals surface area contributed by atoms with Gasteiger partial charge in [0.1, 0.15) is 0 Å². The average molecular weight is 250 g/mol. The lowest BCUT2D eigenvalue weighted by Gasteiger charge is -2.14. The summed E-state index contributed by atoms with van der Waals surface area (Å²) in [4.78, 5) is 22.6. The van der Waals surface area contributed by atoms with Gasteiger partial charge in [0.2, 0.25) is 0 Å². The molecule has 3 N–H and O–H groups in total. The number of hydrogen-bond acceptors (Lipinski definition) is 2. The Morgan fingerprint density at radius 3 is 2.61 bits per heavy atom. The van der Waals surface area contributed by atoms with Gasteiger partial charge in [-0.15, -0.1) is 0 Å². The second-order valence-electron chi connectivity index (χ2n) is 4.14. The van der Waals surface area contributed by atoms with Crippen LogP contribution in [-0.2, 0) is 0 Å². The van der Waals surface area contributed by atoms with Crippen LogP contribution >= 0.6 is 0 Å². The Morgan fingerprint density at radius 2 is 2.00 bits per heavy atom. The van der Waals surface area contributed by atoms with Gasteiger partial charge in [-0.3, -0.25) is 0 Å². The van der Waals surface area contributed by atoms with Crippen LogP contribution in [0.4, 0.5) is 10.5 Å². The van der Waals surface area contributed by atoms with E-state index >= 15 is 0 Å². The molecule has 1 aromatic rings. The summed E-state index contributed by atoms with van der Waals surface area (Å²) in [5, 5.41) is 14.3. The minimum atomic E-state index is -1.06. The highest BCUT2D eigenvalue weighted by atomic mass is 16.4. The average Bonchev–Trinajstić information content (AvgIpc) is 2.29. The van der Waals surface area contributed by atoms with Gasteiger partial charge in [-0.1, -0.05) is 25.5 Å². The second-order valence-corrected chi connectivity index (χ2v) is 4.14. The summed E-state index contributed by atoms with van der Waals surface area (Å²) in [5.41, 5.74) is 0.377. The van der Waals surface area contributed by atoms with Gasteiger partial charge in [0, 0.05) is 6.04 Å². The van der Waals surface area contributed by atoms with Crippen LogP contribution in [-0.4, -0.2) is 23.1 Å². The van der Waals surface area contributed by atoms with E-state index in [4.69, 9.17) is 5.11 Å². The first kappa shape index (κ1) is 14.0. The van der Waals surface area contributed by atoms with E-state index < -0.39 is 5.97 Å². The highest BCUT2D eigenvalue weighted by Gasteiger charge is 2.12. The number of carbonyl (C=O) groups excluding carboxylic acids is 1. The first-order valence-corrected chi connectivity index (χ1v) is 5.94. The zero-order valence-electron chi connectivity index (χ0n) is 10.6. The molecule has 98 valence electrons. The van der Waals surface area contributed by atoms with Crippen LogP contribution in [0, 0.1) is 0 Å². The van der Waals surface area contributed by atoms with Gasteiger partial charge in [-0.25, -0.2) is 9.59 Å². The van der Waals surface area contributed by atoms with Gasteiger partial charge >= 0.3 is 12.0 Å². The number of hydrogen-bond donors (Lipinski definition) is 3. The van der Waals surface area contributed by atoms with Crippen molar-refractivity contribution in [3.05, 3.63) is 29.8 Å². The number of anilines is 1. The van der Waals surface area contributed by atoms with Crippen molar-refractivity contribution in [1.82, 2.24) is 5.32 Å². The second kappa shape index (κ2) is 6.64. The number of carbonyl (C=O) groups is 2. The van der Waals surface area contributed by atoms with Crippen LogP contribution in [0.2, 0.25) is 0 Å². The predicted molar refractivity (Wildman–Crippen MR) is 69.9 cm³/mol. The smallest absolute Gasteiger partial charge is 0.337 e. The monoisotopic (exact) mass is 250 g/mol. The molecule has 0 saturated heterocycles. The standard InChI is InChI=1S/C13H18N2O3/c1-3-6-9(2)14-13(18)15-11-8-5-4-7-10(11)12(16)17/h4-5,7-9H,3,6H2,1-2H3,(H,16,17)(H2,14,15,18). The van der Waals surface area contributed by atoms with Crippen molar-refractivity contribution in [1.29, 1.82) is 0 Å². The number of carboxylic acids is 1. The molecule has 0 radical (unpaired) electrons. The molecule has 5 nitrogen and oxygen atoms in total. The van der Waals surface area contributed by atoms with Crippen molar-refractivity contribution in [2.24, 2.45) is 0 Å². The molecule has 1 unspecified atom stereocenters. The molecular formula is C13H18N2O3. The highest BCUT2D eigenvalue weighted by Crippen LogP contribution is 2.14. The number of urea groups is 1. The summed E-state index contributed by atoms with van der Waals surface area (Å²) in [7, 11) is 0. The Bertz CT molecular complexity index is 432. The van der Waals surface area contributed by atoms with Crippen LogP contribution in [0.3, 0.4) is 0 Å². The first-order valence-electron chi connectivity index (χ1n) is 5.94. The molecule has 0 aromatic heterocycles. The van der Waals surface area contributed by atoms with Crippen LogP contribution < -0.4 is 10.6 Å². The maximum Gasteiger partial charge on any atom is 0.337 e. The van der Waals surface area contributed by atoms with E-state index in [1.165, 1.54) is 6.07 Å². The molecule has 5 heteroatoms. The third-order valence-corrected chi connectivity index (χ3v) is 2.50. The maximum absolute atomic E-state index is 11.7. The molecule has 0 bridgehead atoms. The van der Waals surface area contributed by atoms with E-state index in [1.54, 1.807) is 18.2 Å². The normalized spacial score (nSPS) is 11.7. The number of rotatable bonds is 5. The predicted octanol–water partition coefficient (Wildman–Crippen LogP) is 2.69. The van der Waals surface area contributed by atoms with Gasteiger partial charge in [-0.05, 0) is 25.5 Å². The van der Waals surface area contributed by atoms with Gasteiger partial charge in [-0.2, -0.15) is 0 Å². The molecule has 0 spiro atoms. The lowest BCUT2D eigenvalue weighted by molar-refractivity contribution is 0.0698. The van der Waals surface area contributed by atoms with Crippen LogP contribution in [0.25, 0.3) is 0 Å². The van der Waals surface area contributed by atoms with Crippen molar-refractivity contribution >= 4 is 17.7 Å². The van der Waals surface area contributed by atoms with E-state index in [9.17, 15) is 9.59 Å². The Kier molecular flexibility index (Phi) is 5.17. The van der Waals surface area contributed by atoms with Crippen LogP contribution in [0.5, 0.6) is 0 Å². The molecule has 0 heterocycles. The van der Waals surface area contributed by atoms with Crippen LogP contribution in [0.15, 0.2) is 24.3 Å². The summed E-state index contributed by atoms with van der Waals surface area (Å²) in [5.74, 6) is -1.06. The van der Waals surface area contributed by atoms with Crippen molar-refractivity contribution < 1.29 is 14.7 Å². The molecule has 0 fully saturated rings. The Labute approximate surface area is 106 Å². The third-order valence-electron chi connectivity index (χ3n) is 2.50. The highest BCUT2D eigenvalue weighted by molar-refractivity contribution is 5.99. The fourth-order valence-electron chi connectivity index (χ4n) is 1.67. The summed E-state index contributed by atoms with van der Waals surface area (Å²) in [6, 6.07) is 5.99. The zero-order valence-corrected chi connectivity index (χ0v) is 10.6. The molecular weight excluding hydrogens is 232 g/mol. The maximum atomic E-state index is 11.7. The quantitative estimate of drug-likeness (QED) is 0.751. The first-order chi connectivity index (χ1) is 8.54. The van der Waals surface area contributed by atoms with E-state index in [0.29, 0.717) is 5.69 Å². The van der Waals surface area contributed by atoms with Gasteiger partial charge < -0.3 is 15.7 Å². The number of carboxylic acid groups (broad SMARTS) is 1. The number of para-hydroxylation sites is 1. The van der Waals surface area contributed by atoms with Gasteiger partial charge in [0.05, 0.1) is 11.3 Å². The largest absolute Gasteiger partial charge is 0.478 e. The molecule has 2 amide bonds. The minimum absolute atomic E-state index is 0.0620. The summed E-state index contributed by atoms with van der Waals surface area (Å²) in [6.45, 7) is 3.95. The molecule has 0 aliphatic heterocycles. The zero-order chi connectivity index (χ0) is 13.5. The van der Waals surface area contributed by atoms with E-state index in [2.05, 4.69) is 10.6 Å². The Morgan fingerprint density at radius 1 is 1.33 bits per heavy atom. The van der Waals surface area contributed by atoms with Crippen molar-refractivity contribution in [2.75, 3.05) is 5.32 Å². The minimum Gasteiger partial charge on any atom is -0.478 e. The van der Waals surface area contributed by atoms with E-state index in [1.807, 2.05) is 13.8 Å². The van der Waals surface area contributed by atoms with Crippen molar-refractivity contribution in [2.45, 2.75) is 32.7 Å². The molecule has 1 rings (SSSR count). The van der Waals surface area contributed by atoms with E-state index in [0.717, 1.165) is 12.8 Å². The van der Waals surface area contributed by atoms with Gasteiger partial charge in [0.25, 0.3) is 0 Å². The molecule has 1 atom stereocenters. The summed E-state index contributed by atoms with van der Waals surface area (Å²) >= 11 is 0. The Hall–Kier alpha value is -2.04. The number of nitrogens with one attached hydrogen (secondary N) is 2. The molecule has 0 aliphatic carbocycles. The summed E-state index contributed by atoms with van der Waals surface area (Å²) < 4.78 is 0. The SMILES string of the molecule is CCCC(C)NC(=O)Nc1ccccc1C(=O)O. The molecule has 0 saturated carbocycles. The number of aromatic carboxylic acids is 1. The lowest BCUT2D eigenvalue weighted by atomic mass is 10.2. The lowest BCUT2D eigenvalue weighted by Crippen LogP contribution is -2.36. The van der Waals surface area contributed by atoms with E-state index in [-0.39, 0.29) is 17.6 Å². The molecule has 18 heavy (non-hydrogen) atoms. The number of benzene rings is 1. The molecule has 0 aliphatic rings. The fraction of sp³-hybridized carbons (Fsp3) is 0.385.